The van der Waals surface area contributed by atoms with Crippen LogP contribution in [0.25, 0.3) is 0 Å². The molecular weight excluding hydrogens is 306 g/mol. The van der Waals surface area contributed by atoms with Gasteiger partial charge in [-0.2, -0.15) is 5.10 Å². The lowest BCUT2D eigenvalue weighted by Crippen LogP contribution is -2.15. The number of aromatic nitrogens is 2. The van der Waals surface area contributed by atoms with Crippen LogP contribution in [-0.2, 0) is 7.05 Å². The second-order valence-corrected chi connectivity index (χ2v) is 6.14. The van der Waals surface area contributed by atoms with Gasteiger partial charge in [0.05, 0.1) is 18.9 Å². The van der Waals surface area contributed by atoms with Crippen LogP contribution in [-0.4, -0.2) is 28.9 Å². The summed E-state index contributed by atoms with van der Waals surface area (Å²) in [5, 5.41) is 7.08. The van der Waals surface area contributed by atoms with Crippen molar-refractivity contribution in [3.63, 3.8) is 0 Å². The molecule has 6 nitrogen and oxygen atoms in total. The van der Waals surface area contributed by atoms with Crippen molar-refractivity contribution in [2.75, 3.05) is 12.4 Å². The van der Waals surface area contributed by atoms with E-state index in [4.69, 9.17) is 9.47 Å². The molecule has 1 fully saturated rings. The summed E-state index contributed by atoms with van der Waals surface area (Å²) in [6.07, 6.45) is 4.81. The van der Waals surface area contributed by atoms with Gasteiger partial charge in [0.1, 0.15) is 5.82 Å². The van der Waals surface area contributed by atoms with Crippen molar-refractivity contribution in [3.8, 4) is 11.5 Å². The Morgan fingerprint density at radius 3 is 2.62 bits per heavy atom. The third-order valence-electron chi connectivity index (χ3n) is 4.27. The molecule has 24 heavy (non-hydrogen) atoms. The fraction of sp³-hybridized carbons (Fsp3) is 0.444. The molecule has 0 saturated heterocycles. The summed E-state index contributed by atoms with van der Waals surface area (Å²) in [4.78, 5) is 12.5. The van der Waals surface area contributed by atoms with Crippen LogP contribution in [0.4, 0.5) is 5.82 Å². The van der Waals surface area contributed by atoms with Crippen LogP contribution in [0.5, 0.6) is 11.5 Å². The molecule has 0 radical (unpaired) electrons. The Labute approximate surface area is 141 Å². The summed E-state index contributed by atoms with van der Waals surface area (Å²) >= 11 is 0. The zero-order valence-electron chi connectivity index (χ0n) is 14.3. The Bertz CT molecular complexity index is 733. The lowest BCUT2D eigenvalue weighted by molar-refractivity contribution is 0.102. The predicted octanol–water partition coefficient (Wildman–Crippen LogP) is 3.31. The first-order valence-corrected chi connectivity index (χ1v) is 8.23. The van der Waals surface area contributed by atoms with E-state index in [9.17, 15) is 4.79 Å². The van der Waals surface area contributed by atoms with Crippen molar-refractivity contribution in [3.05, 3.63) is 35.5 Å². The summed E-state index contributed by atoms with van der Waals surface area (Å²) in [5.74, 6) is 1.72. The summed E-state index contributed by atoms with van der Waals surface area (Å²) in [5.41, 5.74) is 1.37. The monoisotopic (exact) mass is 329 g/mol. The van der Waals surface area contributed by atoms with Gasteiger partial charge in [-0.1, -0.05) is 0 Å². The number of ether oxygens (including phenoxy) is 2. The Kier molecular flexibility index (Phi) is 4.74. The number of nitrogens with zero attached hydrogens (tertiary/aromatic N) is 2. The van der Waals surface area contributed by atoms with Gasteiger partial charge in [0, 0.05) is 18.7 Å². The van der Waals surface area contributed by atoms with E-state index in [0.717, 1.165) is 18.5 Å². The Morgan fingerprint density at radius 2 is 2.00 bits per heavy atom. The van der Waals surface area contributed by atoms with Gasteiger partial charge in [-0.25, -0.2) is 0 Å². The van der Waals surface area contributed by atoms with E-state index in [-0.39, 0.29) is 12.0 Å². The largest absolute Gasteiger partial charge is 0.493 e. The Hall–Kier alpha value is -2.50. The zero-order valence-corrected chi connectivity index (χ0v) is 14.3. The minimum Gasteiger partial charge on any atom is -0.493 e. The molecule has 1 aliphatic carbocycles. The highest BCUT2D eigenvalue weighted by Crippen LogP contribution is 2.32. The first kappa shape index (κ1) is 16.4. The van der Waals surface area contributed by atoms with Crippen LogP contribution in [0, 0.1) is 6.92 Å². The highest BCUT2D eigenvalue weighted by atomic mass is 16.5. The molecule has 0 atom stereocenters. The molecule has 1 aromatic heterocycles. The lowest BCUT2D eigenvalue weighted by atomic mass is 10.2. The van der Waals surface area contributed by atoms with Crippen LogP contribution >= 0.6 is 0 Å². The molecule has 128 valence electrons. The van der Waals surface area contributed by atoms with Crippen molar-refractivity contribution >= 4 is 11.7 Å². The zero-order chi connectivity index (χ0) is 17.1. The van der Waals surface area contributed by atoms with Crippen molar-refractivity contribution < 1.29 is 14.3 Å². The van der Waals surface area contributed by atoms with Crippen molar-refractivity contribution in [2.45, 2.75) is 38.7 Å². The topological polar surface area (TPSA) is 65.4 Å². The predicted molar refractivity (Wildman–Crippen MR) is 91.8 cm³/mol. The lowest BCUT2D eigenvalue weighted by Gasteiger charge is -2.16. The van der Waals surface area contributed by atoms with Crippen molar-refractivity contribution in [1.29, 1.82) is 0 Å². The normalized spacial score (nSPS) is 14.6. The third kappa shape index (κ3) is 3.53. The van der Waals surface area contributed by atoms with E-state index in [0.29, 0.717) is 22.9 Å². The maximum absolute atomic E-state index is 12.5. The van der Waals surface area contributed by atoms with Gasteiger partial charge in [0.15, 0.2) is 11.5 Å². The number of rotatable bonds is 5. The SMILES string of the molecule is COc1cc(C(=O)Nc2cc(C)nn2C)ccc1OC1CCCC1. The van der Waals surface area contributed by atoms with Crippen LogP contribution in [0.3, 0.4) is 0 Å². The molecule has 1 aromatic carbocycles. The minimum atomic E-state index is -0.205. The maximum atomic E-state index is 12.5. The Balaban J connectivity index is 1.75. The van der Waals surface area contributed by atoms with Crippen LogP contribution in [0.15, 0.2) is 24.3 Å². The van der Waals surface area contributed by atoms with Gasteiger partial charge in [-0.15, -0.1) is 0 Å². The highest BCUT2D eigenvalue weighted by Gasteiger charge is 2.19. The molecule has 6 heteroatoms. The average Bonchev–Trinajstić information content (AvgIpc) is 3.17. The molecule has 0 spiro atoms. The van der Waals surface area contributed by atoms with E-state index in [1.807, 2.05) is 13.0 Å². The number of anilines is 1. The number of methoxy groups -OCH3 is 1. The first-order valence-electron chi connectivity index (χ1n) is 8.23. The molecule has 0 unspecified atom stereocenters. The quantitative estimate of drug-likeness (QED) is 0.914. The highest BCUT2D eigenvalue weighted by molar-refractivity contribution is 6.04. The van der Waals surface area contributed by atoms with Crippen LogP contribution in [0.1, 0.15) is 41.7 Å². The molecule has 1 aliphatic rings. The number of nitrogens with one attached hydrogen (secondary N) is 1. The number of carbonyl (C=O) groups excluding carboxylic acids is 1. The molecule has 1 N–H and O–H groups in total. The molecule has 0 aliphatic heterocycles. The summed E-state index contributed by atoms with van der Waals surface area (Å²) in [7, 11) is 3.38. The van der Waals surface area contributed by atoms with Crippen LogP contribution in [0.2, 0.25) is 0 Å². The van der Waals surface area contributed by atoms with Gasteiger partial charge < -0.3 is 14.8 Å². The van der Waals surface area contributed by atoms with Gasteiger partial charge in [0.2, 0.25) is 0 Å². The molecule has 0 bridgehead atoms. The molecule has 1 saturated carbocycles. The summed E-state index contributed by atoms with van der Waals surface area (Å²) in [6.45, 7) is 1.88. The second kappa shape index (κ2) is 6.95. The van der Waals surface area contributed by atoms with Gasteiger partial charge in [0.25, 0.3) is 5.91 Å². The summed E-state index contributed by atoms with van der Waals surface area (Å²) < 4.78 is 13.0. The molecule has 1 amide bonds. The minimum absolute atomic E-state index is 0.205. The van der Waals surface area contributed by atoms with Gasteiger partial charge in [-0.3, -0.25) is 9.48 Å². The third-order valence-corrected chi connectivity index (χ3v) is 4.27. The van der Waals surface area contributed by atoms with Crippen LogP contribution < -0.4 is 14.8 Å². The fourth-order valence-electron chi connectivity index (χ4n) is 3.01. The Morgan fingerprint density at radius 1 is 1.25 bits per heavy atom. The molecule has 1 heterocycles. The molecule has 3 rings (SSSR count). The maximum Gasteiger partial charge on any atom is 0.256 e. The smallest absolute Gasteiger partial charge is 0.256 e. The molecular formula is C18H23N3O3. The number of aryl methyl sites for hydroxylation is 2. The second-order valence-electron chi connectivity index (χ2n) is 6.14. The van der Waals surface area contributed by atoms with E-state index in [2.05, 4.69) is 10.4 Å². The van der Waals surface area contributed by atoms with Crippen molar-refractivity contribution in [2.24, 2.45) is 7.05 Å². The number of hydrogen-bond donors (Lipinski definition) is 1. The number of hydrogen-bond acceptors (Lipinski definition) is 4. The first-order chi connectivity index (χ1) is 11.6. The number of benzene rings is 1. The van der Waals surface area contributed by atoms with E-state index in [1.54, 1.807) is 37.0 Å². The summed E-state index contributed by atoms with van der Waals surface area (Å²) in [6, 6.07) is 7.10. The van der Waals surface area contributed by atoms with E-state index in [1.165, 1.54) is 12.8 Å². The van der Waals surface area contributed by atoms with Gasteiger partial charge >= 0.3 is 0 Å². The van der Waals surface area contributed by atoms with E-state index < -0.39 is 0 Å². The van der Waals surface area contributed by atoms with E-state index >= 15 is 0 Å². The molecule has 2 aromatic rings. The number of amides is 1. The van der Waals surface area contributed by atoms with Gasteiger partial charge in [-0.05, 0) is 50.8 Å². The standard InChI is InChI=1S/C18H23N3O3/c1-12-10-17(21(2)20-12)19-18(22)13-8-9-15(16(11-13)23-3)24-14-6-4-5-7-14/h8-11,14H,4-7H2,1-3H3,(H,19,22). The number of carbonyl (C=O) groups is 1. The average molecular weight is 329 g/mol. The van der Waals surface area contributed by atoms with Crippen molar-refractivity contribution in [1.82, 2.24) is 9.78 Å². The fourth-order valence-corrected chi connectivity index (χ4v) is 3.01.